The lowest BCUT2D eigenvalue weighted by Crippen LogP contribution is -2.48. The number of fused-ring (bicyclic) bond motifs is 1. The monoisotopic (exact) mass is 422 g/mol. The van der Waals surface area contributed by atoms with Gasteiger partial charge in [0.1, 0.15) is 5.69 Å². The highest BCUT2D eigenvalue weighted by atomic mass is 32.1. The van der Waals surface area contributed by atoms with E-state index in [1.54, 1.807) is 0 Å². The van der Waals surface area contributed by atoms with E-state index in [1.807, 2.05) is 28.5 Å². The van der Waals surface area contributed by atoms with Gasteiger partial charge in [-0.1, -0.05) is 12.1 Å². The summed E-state index contributed by atoms with van der Waals surface area (Å²) in [6.45, 7) is 5.36. The highest BCUT2D eigenvalue weighted by Gasteiger charge is 2.24. The summed E-state index contributed by atoms with van der Waals surface area (Å²) in [6, 6.07) is 14.1. The molecule has 5 rings (SSSR count). The molecule has 1 N–H and O–H groups in total. The van der Waals surface area contributed by atoms with Crippen molar-refractivity contribution in [1.29, 1.82) is 0 Å². The standard InChI is InChI=1S/C22H22N4O3S/c1-15-3-2-4-17(11-15)25-7-9-26(10-8-25)21(27)18-13-30-22(24-18)23-16-5-6-19-20(12-16)29-14-28-19/h2-6,11-13H,7-10,14H2,1H3,(H,23,24). The highest BCUT2D eigenvalue weighted by molar-refractivity contribution is 7.14. The summed E-state index contributed by atoms with van der Waals surface area (Å²) in [4.78, 5) is 21.6. The van der Waals surface area contributed by atoms with Gasteiger partial charge in [0, 0.05) is 49.0 Å². The molecule has 3 heterocycles. The van der Waals surface area contributed by atoms with Crippen LogP contribution in [0.15, 0.2) is 47.8 Å². The third-order valence-corrected chi connectivity index (χ3v) is 6.04. The van der Waals surface area contributed by atoms with Crippen molar-refractivity contribution in [2.45, 2.75) is 6.92 Å². The SMILES string of the molecule is Cc1cccc(N2CCN(C(=O)c3csc(Nc4ccc5c(c4)OCO5)n3)CC2)c1. The molecule has 1 fully saturated rings. The van der Waals surface area contributed by atoms with Crippen LogP contribution < -0.4 is 19.7 Å². The van der Waals surface area contributed by atoms with Crippen molar-refractivity contribution in [2.75, 3.05) is 43.2 Å². The quantitative estimate of drug-likeness (QED) is 0.688. The number of nitrogens with zero attached hydrogens (tertiary/aromatic N) is 3. The lowest BCUT2D eigenvalue weighted by molar-refractivity contribution is 0.0742. The molecule has 8 heteroatoms. The number of aryl methyl sites for hydroxylation is 1. The molecule has 7 nitrogen and oxygen atoms in total. The van der Waals surface area contributed by atoms with Gasteiger partial charge >= 0.3 is 0 Å². The topological polar surface area (TPSA) is 66.9 Å². The first-order valence-corrected chi connectivity index (χ1v) is 10.8. The zero-order chi connectivity index (χ0) is 20.5. The predicted molar refractivity (Wildman–Crippen MR) is 117 cm³/mol. The second kappa shape index (κ2) is 7.87. The number of rotatable bonds is 4. The van der Waals surface area contributed by atoms with Gasteiger partial charge in [0.05, 0.1) is 0 Å². The molecule has 154 valence electrons. The average molecular weight is 423 g/mol. The van der Waals surface area contributed by atoms with Crippen molar-refractivity contribution in [2.24, 2.45) is 0 Å². The Hall–Kier alpha value is -3.26. The molecule has 0 aliphatic carbocycles. The number of ether oxygens (including phenoxy) is 2. The molecule has 0 spiro atoms. The minimum atomic E-state index is -0.0196. The number of aromatic nitrogens is 1. The first-order chi connectivity index (χ1) is 14.7. The first kappa shape index (κ1) is 18.7. The molecular formula is C22H22N4O3S. The van der Waals surface area contributed by atoms with Crippen LogP contribution in [0.4, 0.5) is 16.5 Å². The summed E-state index contributed by atoms with van der Waals surface area (Å²) in [7, 11) is 0. The fourth-order valence-corrected chi connectivity index (χ4v) is 4.39. The molecule has 2 aliphatic rings. The van der Waals surface area contributed by atoms with Crippen molar-refractivity contribution < 1.29 is 14.3 Å². The minimum absolute atomic E-state index is 0.0196. The number of carbonyl (C=O) groups excluding carboxylic acids is 1. The second-order valence-corrected chi connectivity index (χ2v) is 8.21. The number of nitrogens with one attached hydrogen (secondary N) is 1. The van der Waals surface area contributed by atoms with E-state index in [0.717, 1.165) is 24.5 Å². The van der Waals surface area contributed by atoms with E-state index in [-0.39, 0.29) is 12.7 Å². The largest absolute Gasteiger partial charge is 0.454 e. The molecule has 0 bridgehead atoms. The van der Waals surface area contributed by atoms with Gasteiger partial charge in [0.25, 0.3) is 5.91 Å². The van der Waals surface area contributed by atoms with Crippen molar-refractivity contribution in [3.8, 4) is 11.5 Å². The van der Waals surface area contributed by atoms with Crippen LogP contribution in [0.25, 0.3) is 0 Å². The van der Waals surface area contributed by atoms with Crippen LogP contribution in [-0.2, 0) is 0 Å². The molecule has 2 aliphatic heterocycles. The molecule has 30 heavy (non-hydrogen) atoms. The summed E-state index contributed by atoms with van der Waals surface area (Å²) < 4.78 is 10.7. The molecule has 1 saturated heterocycles. The second-order valence-electron chi connectivity index (χ2n) is 7.35. The van der Waals surface area contributed by atoms with Crippen LogP contribution in [-0.4, -0.2) is 48.8 Å². The molecular weight excluding hydrogens is 400 g/mol. The number of thiazole rings is 1. The van der Waals surface area contributed by atoms with Gasteiger partial charge in [0.15, 0.2) is 16.6 Å². The van der Waals surface area contributed by atoms with Gasteiger partial charge in [-0.05, 0) is 36.8 Å². The Balaban J connectivity index is 1.21. The van der Waals surface area contributed by atoms with E-state index in [2.05, 4.69) is 46.4 Å². The number of benzene rings is 2. The molecule has 0 atom stereocenters. The minimum Gasteiger partial charge on any atom is -0.454 e. The highest BCUT2D eigenvalue weighted by Crippen LogP contribution is 2.35. The van der Waals surface area contributed by atoms with Crippen LogP contribution in [0.5, 0.6) is 11.5 Å². The van der Waals surface area contributed by atoms with Gasteiger partial charge in [-0.15, -0.1) is 11.3 Å². The van der Waals surface area contributed by atoms with Crippen molar-refractivity contribution in [3.63, 3.8) is 0 Å². The summed E-state index contributed by atoms with van der Waals surface area (Å²) in [5.41, 5.74) is 3.79. The van der Waals surface area contributed by atoms with Crippen molar-refractivity contribution in [1.82, 2.24) is 9.88 Å². The zero-order valence-electron chi connectivity index (χ0n) is 16.6. The maximum absolute atomic E-state index is 12.9. The number of carbonyl (C=O) groups is 1. The Bertz CT molecular complexity index is 1080. The Morgan fingerprint density at radius 2 is 1.90 bits per heavy atom. The van der Waals surface area contributed by atoms with Gasteiger partial charge in [-0.25, -0.2) is 4.98 Å². The molecule has 0 unspecified atom stereocenters. The molecule has 3 aromatic rings. The Morgan fingerprint density at radius 3 is 2.73 bits per heavy atom. The number of hydrogen-bond acceptors (Lipinski definition) is 7. The van der Waals surface area contributed by atoms with E-state index >= 15 is 0 Å². The molecule has 1 aromatic heterocycles. The maximum atomic E-state index is 12.9. The van der Waals surface area contributed by atoms with Gasteiger partial charge in [0.2, 0.25) is 6.79 Å². The van der Waals surface area contributed by atoms with Gasteiger partial charge in [-0.3, -0.25) is 4.79 Å². The predicted octanol–water partition coefficient (Wildman–Crippen LogP) is 3.89. The van der Waals surface area contributed by atoms with E-state index in [1.165, 1.54) is 22.6 Å². The van der Waals surface area contributed by atoms with E-state index in [4.69, 9.17) is 9.47 Å². The van der Waals surface area contributed by atoms with Crippen LogP contribution >= 0.6 is 11.3 Å². The third kappa shape index (κ3) is 3.78. The number of piperazine rings is 1. The van der Waals surface area contributed by atoms with Gasteiger partial charge < -0.3 is 24.6 Å². The molecule has 0 radical (unpaired) electrons. The number of anilines is 3. The third-order valence-electron chi connectivity index (χ3n) is 5.28. The van der Waals surface area contributed by atoms with Gasteiger partial charge in [-0.2, -0.15) is 0 Å². The lowest BCUT2D eigenvalue weighted by atomic mass is 10.2. The number of hydrogen-bond donors (Lipinski definition) is 1. The molecule has 0 saturated carbocycles. The lowest BCUT2D eigenvalue weighted by Gasteiger charge is -2.36. The fraction of sp³-hybridized carbons (Fsp3) is 0.273. The fourth-order valence-electron chi connectivity index (χ4n) is 3.68. The Morgan fingerprint density at radius 1 is 1.07 bits per heavy atom. The molecule has 2 aromatic carbocycles. The Labute approximate surface area is 178 Å². The van der Waals surface area contributed by atoms with Crippen LogP contribution in [0, 0.1) is 6.92 Å². The van der Waals surface area contributed by atoms with Crippen molar-refractivity contribution in [3.05, 3.63) is 59.1 Å². The van der Waals surface area contributed by atoms with E-state index in [9.17, 15) is 4.79 Å². The van der Waals surface area contributed by atoms with Crippen LogP contribution in [0.2, 0.25) is 0 Å². The average Bonchev–Trinajstić information content (AvgIpc) is 3.42. The van der Waals surface area contributed by atoms with E-state index in [0.29, 0.717) is 29.7 Å². The van der Waals surface area contributed by atoms with Crippen LogP contribution in [0.1, 0.15) is 16.1 Å². The summed E-state index contributed by atoms with van der Waals surface area (Å²) in [6.07, 6.45) is 0. The normalized spacial score (nSPS) is 15.4. The van der Waals surface area contributed by atoms with Crippen molar-refractivity contribution >= 4 is 33.8 Å². The Kier molecular flexibility index (Phi) is 4.92. The number of amides is 1. The summed E-state index contributed by atoms with van der Waals surface area (Å²) >= 11 is 1.42. The molecule has 1 amide bonds. The van der Waals surface area contributed by atoms with Crippen LogP contribution in [0.3, 0.4) is 0 Å². The summed E-state index contributed by atoms with van der Waals surface area (Å²) in [5, 5.41) is 5.73. The smallest absolute Gasteiger partial charge is 0.273 e. The first-order valence-electron chi connectivity index (χ1n) is 9.89. The summed E-state index contributed by atoms with van der Waals surface area (Å²) in [5.74, 6) is 1.42. The zero-order valence-corrected chi connectivity index (χ0v) is 17.4. The van der Waals surface area contributed by atoms with E-state index < -0.39 is 0 Å². The maximum Gasteiger partial charge on any atom is 0.273 e.